The van der Waals surface area contributed by atoms with Crippen LogP contribution in [-0.2, 0) is 11.2 Å². The molecule has 4 aromatic rings. The number of carbonyl (C=O) groups is 1. The Labute approximate surface area is 263 Å². The fraction of sp³-hybridized carbons (Fsp3) is 0.500. The first-order chi connectivity index (χ1) is 20.1. The smallest absolute Gasteiger partial charge is 0.256 e. The van der Waals surface area contributed by atoms with E-state index in [4.69, 9.17) is 9.15 Å². The van der Waals surface area contributed by atoms with E-state index >= 15 is 0 Å². The maximum atomic E-state index is 14.2. The first-order valence-corrected chi connectivity index (χ1v) is 15.8. The lowest BCUT2D eigenvalue weighted by atomic mass is 9.98. The van der Waals surface area contributed by atoms with Gasteiger partial charge in [0, 0.05) is 43.0 Å². The summed E-state index contributed by atoms with van der Waals surface area (Å²) in [6.07, 6.45) is 2.71. The van der Waals surface area contributed by atoms with Crippen molar-refractivity contribution in [3.63, 3.8) is 0 Å². The van der Waals surface area contributed by atoms with Crippen LogP contribution in [0.25, 0.3) is 16.7 Å². The number of rotatable bonds is 8. The van der Waals surface area contributed by atoms with Gasteiger partial charge >= 0.3 is 0 Å². The Balaban J connectivity index is 1.39. The molecule has 1 atom stereocenters. The number of morpholine rings is 1. The number of furan rings is 1. The number of ether oxygens (including phenoxy) is 1. The third-order valence-corrected chi connectivity index (χ3v) is 8.52. The molecule has 2 aromatic carbocycles. The van der Waals surface area contributed by atoms with Crippen LogP contribution in [0.2, 0.25) is 0 Å². The summed E-state index contributed by atoms with van der Waals surface area (Å²) in [4.78, 5) is 18.4. The van der Waals surface area contributed by atoms with E-state index in [1.165, 1.54) is 0 Å². The molecule has 5 rings (SSSR count). The van der Waals surface area contributed by atoms with Crippen molar-refractivity contribution in [3.8, 4) is 5.69 Å². The van der Waals surface area contributed by atoms with E-state index in [0.29, 0.717) is 5.56 Å². The second kappa shape index (κ2) is 11.8. The third kappa shape index (κ3) is 6.89. The van der Waals surface area contributed by atoms with Crippen molar-refractivity contribution in [2.24, 2.45) is 5.92 Å². The Kier molecular flexibility index (Phi) is 8.64. The molecule has 8 nitrogen and oxygen atoms in total. The minimum atomic E-state index is -0.249. The van der Waals surface area contributed by atoms with E-state index < -0.39 is 0 Å². The van der Waals surface area contributed by atoms with Gasteiger partial charge < -0.3 is 14.1 Å². The van der Waals surface area contributed by atoms with Crippen LogP contribution in [0.4, 0.5) is 0 Å². The SMILES string of the molecule is Cc1ccc(C(=O)N(C)C(c2cc3cc(Br)cc(C)c3o2)C(C)C)c(-n2cc(CCN3CC(C)(C)OC(C)(C)C3)nn2)c1. The average Bonchev–Trinajstić information content (AvgIpc) is 3.52. The van der Waals surface area contributed by atoms with E-state index in [2.05, 4.69) is 84.8 Å². The summed E-state index contributed by atoms with van der Waals surface area (Å²) in [5.74, 6) is 0.801. The second-order valence-corrected chi connectivity index (χ2v) is 14.6. The van der Waals surface area contributed by atoms with Crippen molar-refractivity contribution < 1.29 is 13.9 Å². The first-order valence-electron chi connectivity index (χ1n) is 15.0. The zero-order valence-corrected chi connectivity index (χ0v) is 28.4. The molecule has 2 aromatic heterocycles. The minimum Gasteiger partial charge on any atom is -0.459 e. The van der Waals surface area contributed by atoms with Gasteiger partial charge in [0.15, 0.2) is 0 Å². The predicted molar refractivity (Wildman–Crippen MR) is 174 cm³/mol. The number of nitrogens with zero attached hydrogens (tertiary/aromatic N) is 5. The van der Waals surface area contributed by atoms with Gasteiger partial charge in [-0.15, -0.1) is 5.10 Å². The molecule has 1 saturated heterocycles. The number of fused-ring (bicyclic) bond motifs is 1. The number of carbonyl (C=O) groups excluding carboxylic acids is 1. The van der Waals surface area contributed by atoms with E-state index in [-0.39, 0.29) is 29.1 Å². The fourth-order valence-corrected chi connectivity index (χ4v) is 7.24. The van der Waals surface area contributed by atoms with Gasteiger partial charge in [-0.05, 0) is 88.9 Å². The standard InChI is InChI=1S/C34H44BrN5O3/c1-21(2)30(29-17-24-16-25(35)15-23(4)31(24)42-29)38(9)32(41)27-11-10-22(3)14-28(27)40-18-26(36-37-40)12-13-39-19-33(5,6)43-34(7,8)20-39/h10-11,14-18,21,30H,12-13,19-20H2,1-9H3. The summed E-state index contributed by atoms with van der Waals surface area (Å²) in [5, 5.41) is 9.97. The highest BCUT2D eigenvalue weighted by Crippen LogP contribution is 2.36. The van der Waals surface area contributed by atoms with Gasteiger partial charge in [-0.3, -0.25) is 9.69 Å². The van der Waals surface area contributed by atoms with Crippen LogP contribution in [0.5, 0.6) is 0 Å². The van der Waals surface area contributed by atoms with E-state index in [1.807, 2.05) is 51.4 Å². The molecule has 0 radical (unpaired) electrons. The molecule has 0 bridgehead atoms. The molecule has 3 heterocycles. The van der Waals surface area contributed by atoms with Crippen molar-refractivity contribution in [2.75, 3.05) is 26.7 Å². The quantitative estimate of drug-likeness (QED) is 0.199. The Morgan fingerprint density at radius 2 is 1.77 bits per heavy atom. The lowest BCUT2D eigenvalue weighted by Crippen LogP contribution is -2.57. The van der Waals surface area contributed by atoms with E-state index in [1.54, 1.807) is 9.58 Å². The molecule has 1 aliphatic heterocycles. The molecular formula is C34H44BrN5O3. The lowest BCUT2D eigenvalue weighted by Gasteiger charge is -2.47. The van der Waals surface area contributed by atoms with Crippen LogP contribution in [0.15, 0.2) is 51.5 Å². The summed E-state index contributed by atoms with van der Waals surface area (Å²) in [6, 6.07) is 11.8. The number of amides is 1. The van der Waals surface area contributed by atoms with Gasteiger partial charge in [0.2, 0.25) is 0 Å². The summed E-state index contributed by atoms with van der Waals surface area (Å²) >= 11 is 3.59. The Morgan fingerprint density at radius 1 is 1.07 bits per heavy atom. The highest BCUT2D eigenvalue weighted by molar-refractivity contribution is 9.10. The number of benzene rings is 2. The first kappa shape index (κ1) is 31.4. The van der Waals surface area contributed by atoms with Crippen molar-refractivity contribution in [3.05, 3.63) is 75.2 Å². The molecule has 0 spiro atoms. The topological polar surface area (TPSA) is 76.6 Å². The van der Waals surface area contributed by atoms with Crippen LogP contribution in [-0.4, -0.2) is 68.6 Å². The molecule has 43 heavy (non-hydrogen) atoms. The zero-order chi connectivity index (χ0) is 31.3. The molecule has 0 N–H and O–H groups in total. The van der Waals surface area contributed by atoms with Crippen molar-refractivity contribution in [1.29, 1.82) is 0 Å². The molecule has 230 valence electrons. The second-order valence-electron chi connectivity index (χ2n) is 13.7. The van der Waals surface area contributed by atoms with Crippen LogP contribution < -0.4 is 0 Å². The van der Waals surface area contributed by atoms with Crippen LogP contribution in [0, 0.1) is 19.8 Å². The molecule has 9 heteroatoms. The number of aryl methyl sites for hydroxylation is 2. The highest BCUT2D eigenvalue weighted by atomic mass is 79.9. The number of hydrogen-bond donors (Lipinski definition) is 0. The Hall–Kier alpha value is -3.01. The van der Waals surface area contributed by atoms with Gasteiger partial charge in [-0.25, -0.2) is 4.68 Å². The Bertz CT molecular complexity index is 1620. The van der Waals surface area contributed by atoms with Gasteiger partial charge in [0.25, 0.3) is 5.91 Å². The van der Waals surface area contributed by atoms with Gasteiger partial charge in [0.1, 0.15) is 11.3 Å². The normalized spacial score (nSPS) is 17.5. The van der Waals surface area contributed by atoms with Crippen LogP contribution >= 0.6 is 15.9 Å². The molecular weight excluding hydrogens is 606 g/mol. The van der Waals surface area contributed by atoms with Crippen molar-refractivity contribution in [2.45, 2.75) is 79.1 Å². The number of aromatic nitrogens is 3. The summed E-state index contributed by atoms with van der Waals surface area (Å²) in [6.45, 7) is 19.4. The molecule has 1 amide bonds. The van der Waals surface area contributed by atoms with E-state index in [0.717, 1.165) is 69.8 Å². The van der Waals surface area contributed by atoms with Crippen LogP contribution in [0.3, 0.4) is 0 Å². The van der Waals surface area contributed by atoms with Gasteiger partial charge in [-0.1, -0.05) is 41.1 Å². The summed E-state index contributed by atoms with van der Waals surface area (Å²) < 4.78 is 15.4. The molecule has 1 aliphatic rings. The van der Waals surface area contributed by atoms with Crippen LogP contribution in [0.1, 0.15) is 80.5 Å². The molecule has 1 fully saturated rings. The fourth-order valence-electron chi connectivity index (χ4n) is 6.65. The summed E-state index contributed by atoms with van der Waals surface area (Å²) in [7, 11) is 1.85. The molecule has 0 aliphatic carbocycles. The average molecular weight is 651 g/mol. The third-order valence-electron chi connectivity index (χ3n) is 8.06. The maximum absolute atomic E-state index is 14.2. The van der Waals surface area contributed by atoms with E-state index in [9.17, 15) is 4.79 Å². The van der Waals surface area contributed by atoms with Gasteiger partial charge in [0.05, 0.1) is 40.4 Å². The van der Waals surface area contributed by atoms with Crippen molar-refractivity contribution in [1.82, 2.24) is 24.8 Å². The lowest BCUT2D eigenvalue weighted by molar-refractivity contribution is -0.180. The number of hydrogen-bond acceptors (Lipinski definition) is 6. The molecule has 0 saturated carbocycles. The highest BCUT2D eigenvalue weighted by Gasteiger charge is 2.38. The summed E-state index contributed by atoms with van der Waals surface area (Å²) in [5.41, 5.74) is 4.72. The minimum absolute atomic E-state index is 0.0955. The molecule has 1 unspecified atom stereocenters. The Morgan fingerprint density at radius 3 is 2.44 bits per heavy atom. The maximum Gasteiger partial charge on any atom is 0.256 e. The van der Waals surface area contributed by atoms with Crippen molar-refractivity contribution >= 4 is 32.8 Å². The monoisotopic (exact) mass is 649 g/mol. The predicted octanol–water partition coefficient (Wildman–Crippen LogP) is 7.29. The van der Waals surface area contributed by atoms with Gasteiger partial charge in [-0.2, -0.15) is 0 Å². The number of halogens is 1. The zero-order valence-electron chi connectivity index (χ0n) is 26.9. The largest absolute Gasteiger partial charge is 0.459 e.